The summed E-state index contributed by atoms with van der Waals surface area (Å²) in [5, 5.41) is 0.527. The molecule has 0 aliphatic carbocycles. The molecule has 1 atom stereocenters. The van der Waals surface area contributed by atoms with Crippen LogP contribution in [0.4, 0.5) is 0 Å². The van der Waals surface area contributed by atoms with Gasteiger partial charge in [0.05, 0.1) is 12.0 Å². The number of nitrogens with one attached hydrogen (secondary N) is 1. The molecule has 1 aromatic rings. The molecule has 98 valence electrons. The molecule has 1 aromatic carbocycles. The van der Waals surface area contributed by atoms with Gasteiger partial charge in [-0.3, -0.25) is 0 Å². The summed E-state index contributed by atoms with van der Waals surface area (Å²) in [6, 6.07) is 5.10. The average molecular weight is 290 g/mol. The van der Waals surface area contributed by atoms with Gasteiger partial charge in [0.15, 0.2) is 0 Å². The van der Waals surface area contributed by atoms with Gasteiger partial charge in [-0.2, -0.15) is 12.7 Å². The van der Waals surface area contributed by atoms with Gasteiger partial charge in [-0.15, -0.1) is 0 Å². The Kier molecular flexibility index (Phi) is 3.52. The van der Waals surface area contributed by atoms with Crippen molar-refractivity contribution in [1.82, 2.24) is 5.48 Å². The molecule has 2 rings (SSSR count). The first-order chi connectivity index (χ1) is 8.35. The molecule has 1 N–H and O–H groups in total. The van der Waals surface area contributed by atoms with Crippen molar-refractivity contribution < 1.29 is 17.4 Å². The molecule has 0 bridgehead atoms. The Morgan fingerprint density at radius 2 is 2.17 bits per heavy atom. The Bertz CT molecular complexity index is 597. The SMILES string of the molecule is CC1C=C(NOS(C)(=O)=O)c2cc(Cl)ccc2O1. The number of ether oxygens (including phenoxy) is 1. The maximum Gasteiger partial charge on any atom is 0.284 e. The predicted molar refractivity (Wildman–Crippen MR) is 68.6 cm³/mol. The number of rotatable bonds is 3. The highest BCUT2D eigenvalue weighted by Gasteiger charge is 2.19. The molecule has 7 heteroatoms. The van der Waals surface area contributed by atoms with Gasteiger partial charge in [0.25, 0.3) is 10.1 Å². The molecular weight excluding hydrogens is 278 g/mol. The molecule has 0 saturated carbocycles. The van der Waals surface area contributed by atoms with Crippen molar-refractivity contribution in [2.75, 3.05) is 6.26 Å². The average Bonchev–Trinajstić information content (AvgIpc) is 2.25. The van der Waals surface area contributed by atoms with Crippen molar-refractivity contribution in [1.29, 1.82) is 0 Å². The second-order valence-electron chi connectivity index (χ2n) is 3.93. The van der Waals surface area contributed by atoms with E-state index in [4.69, 9.17) is 16.3 Å². The van der Waals surface area contributed by atoms with Crippen molar-refractivity contribution in [3.8, 4) is 5.75 Å². The van der Waals surface area contributed by atoms with Crippen LogP contribution in [0, 0.1) is 0 Å². The summed E-state index contributed by atoms with van der Waals surface area (Å²) in [5.41, 5.74) is 3.58. The quantitative estimate of drug-likeness (QED) is 0.862. The molecule has 0 radical (unpaired) electrons. The minimum atomic E-state index is -3.58. The molecular formula is C11H12ClNO4S. The van der Waals surface area contributed by atoms with E-state index in [1.165, 1.54) is 0 Å². The molecule has 0 aromatic heterocycles. The first-order valence-electron chi connectivity index (χ1n) is 5.18. The van der Waals surface area contributed by atoms with Gasteiger partial charge < -0.3 is 4.74 Å². The third kappa shape index (κ3) is 3.16. The minimum Gasteiger partial charge on any atom is -0.486 e. The van der Waals surface area contributed by atoms with Crippen molar-refractivity contribution in [3.63, 3.8) is 0 Å². The van der Waals surface area contributed by atoms with Gasteiger partial charge >= 0.3 is 0 Å². The third-order valence-corrected chi connectivity index (χ3v) is 2.87. The van der Waals surface area contributed by atoms with Crippen LogP contribution in [0.2, 0.25) is 5.02 Å². The monoisotopic (exact) mass is 289 g/mol. The number of hydrogen-bond donors (Lipinski definition) is 1. The van der Waals surface area contributed by atoms with E-state index < -0.39 is 10.1 Å². The summed E-state index contributed by atoms with van der Waals surface area (Å²) in [4.78, 5) is 0. The Morgan fingerprint density at radius 1 is 1.44 bits per heavy atom. The fraction of sp³-hybridized carbons (Fsp3) is 0.273. The molecule has 0 amide bonds. The lowest BCUT2D eigenvalue weighted by Gasteiger charge is -2.23. The fourth-order valence-electron chi connectivity index (χ4n) is 1.58. The van der Waals surface area contributed by atoms with Crippen LogP contribution in [-0.2, 0) is 14.4 Å². The molecule has 0 fully saturated rings. The molecule has 5 nitrogen and oxygen atoms in total. The first-order valence-corrected chi connectivity index (χ1v) is 7.37. The number of benzene rings is 1. The van der Waals surface area contributed by atoms with E-state index in [1.807, 2.05) is 6.92 Å². The van der Waals surface area contributed by atoms with Gasteiger partial charge in [-0.25, -0.2) is 5.48 Å². The van der Waals surface area contributed by atoms with Gasteiger partial charge in [0.1, 0.15) is 11.9 Å². The zero-order valence-electron chi connectivity index (χ0n) is 9.81. The van der Waals surface area contributed by atoms with Crippen LogP contribution in [0.25, 0.3) is 5.70 Å². The van der Waals surface area contributed by atoms with Gasteiger partial charge in [-0.1, -0.05) is 11.6 Å². The first kappa shape index (κ1) is 13.2. The van der Waals surface area contributed by atoms with Crippen molar-refractivity contribution in [3.05, 3.63) is 34.9 Å². The van der Waals surface area contributed by atoms with Gasteiger partial charge in [0, 0.05) is 10.6 Å². The Morgan fingerprint density at radius 3 is 2.83 bits per heavy atom. The topological polar surface area (TPSA) is 64.6 Å². The molecule has 1 aliphatic heterocycles. The molecule has 0 spiro atoms. The van der Waals surface area contributed by atoms with Crippen LogP contribution in [0.1, 0.15) is 12.5 Å². The summed E-state index contributed by atoms with van der Waals surface area (Å²) < 4.78 is 32.1. The summed E-state index contributed by atoms with van der Waals surface area (Å²) in [6.45, 7) is 1.83. The van der Waals surface area contributed by atoms with E-state index in [9.17, 15) is 8.42 Å². The van der Waals surface area contributed by atoms with Crippen LogP contribution < -0.4 is 10.2 Å². The van der Waals surface area contributed by atoms with Crippen molar-refractivity contribution in [2.24, 2.45) is 0 Å². The molecule has 18 heavy (non-hydrogen) atoms. The highest BCUT2D eigenvalue weighted by Crippen LogP contribution is 2.32. The smallest absolute Gasteiger partial charge is 0.284 e. The molecule has 0 saturated heterocycles. The maximum absolute atomic E-state index is 11.0. The summed E-state index contributed by atoms with van der Waals surface area (Å²) in [7, 11) is -3.58. The molecule has 1 unspecified atom stereocenters. The second kappa shape index (κ2) is 4.79. The summed E-state index contributed by atoms with van der Waals surface area (Å²) in [6.07, 6.45) is 2.48. The largest absolute Gasteiger partial charge is 0.486 e. The zero-order chi connectivity index (χ0) is 13.3. The lowest BCUT2D eigenvalue weighted by molar-refractivity contribution is 0.240. The summed E-state index contributed by atoms with van der Waals surface area (Å²) >= 11 is 5.90. The lowest BCUT2D eigenvalue weighted by atomic mass is 10.1. The van der Waals surface area contributed by atoms with Crippen molar-refractivity contribution in [2.45, 2.75) is 13.0 Å². The number of fused-ring (bicyclic) bond motifs is 1. The fourth-order valence-corrected chi connectivity index (χ4v) is 2.00. The molecule has 1 aliphatic rings. The van der Waals surface area contributed by atoms with E-state index in [1.54, 1.807) is 24.3 Å². The number of halogens is 1. The van der Waals surface area contributed by atoms with E-state index >= 15 is 0 Å². The van der Waals surface area contributed by atoms with Crippen molar-refractivity contribution >= 4 is 27.4 Å². The van der Waals surface area contributed by atoms with Crippen LogP contribution in [-0.4, -0.2) is 20.8 Å². The van der Waals surface area contributed by atoms with Gasteiger partial charge in [0.2, 0.25) is 0 Å². The van der Waals surface area contributed by atoms with Crippen LogP contribution in [0.15, 0.2) is 24.3 Å². The van der Waals surface area contributed by atoms with E-state index in [2.05, 4.69) is 9.76 Å². The maximum atomic E-state index is 11.0. The second-order valence-corrected chi connectivity index (χ2v) is 5.94. The van der Waals surface area contributed by atoms with Crippen LogP contribution in [0.5, 0.6) is 5.75 Å². The Labute approximate surface area is 110 Å². The van der Waals surface area contributed by atoms with E-state index in [0.717, 1.165) is 6.26 Å². The van der Waals surface area contributed by atoms with E-state index in [-0.39, 0.29) is 6.10 Å². The minimum absolute atomic E-state index is 0.190. The van der Waals surface area contributed by atoms with Gasteiger partial charge in [-0.05, 0) is 31.2 Å². The van der Waals surface area contributed by atoms with Crippen LogP contribution in [0.3, 0.4) is 0 Å². The Balaban J connectivity index is 2.32. The van der Waals surface area contributed by atoms with Crippen LogP contribution >= 0.6 is 11.6 Å². The standard InChI is InChI=1S/C11H12ClNO4S/c1-7-5-10(13-17-18(2,14)15)9-6-8(12)3-4-11(9)16-7/h3-7,13H,1-2H3. The normalized spacial score (nSPS) is 18.6. The Hall–Kier alpha value is -1.24. The van der Waals surface area contributed by atoms with E-state index in [0.29, 0.717) is 22.0 Å². The number of hydroxylamine groups is 1. The third-order valence-electron chi connectivity index (χ3n) is 2.25. The lowest BCUT2D eigenvalue weighted by Crippen LogP contribution is -2.24. The summed E-state index contributed by atoms with van der Waals surface area (Å²) in [5.74, 6) is 0.619. The molecule has 1 heterocycles. The predicted octanol–water partition coefficient (Wildman–Crippen LogP) is 1.94. The highest BCUT2D eigenvalue weighted by molar-refractivity contribution is 7.85. The zero-order valence-corrected chi connectivity index (χ0v) is 11.4. The highest BCUT2D eigenvalue weighted by atomic mass is 35.5. The number of hydrogen-bond acceptors (Lipinski definition) is 5.